The molecule has 0 aromatic carbocycles. The first-order valence-corrected chi connectivity index (χ1v) is 4.21. The fraction of sp³-hybridized carbons (Fsp3) is 0.429. The van der Waals surface area contributed by atoms with Crippen LogP contribution in [-0.4, -0.2) is 22.8 Å². The van der Waals surface area contributed by atoms with Gasteiger partial charge in [-0.3, -0.25) is 4.90 Å². The molecule has 0 bridgehead atoms. The Balaban J connectivity index is 2.48. The van der Waals surface area contributed by atoms with Crippen LogP contribution < -0.4 is 4.90 Å². The Kier molecular flexibility index (Phi) is 2.02. The quantitative estimate of drug-likeness (QED) is 0.498. The lowest BCUT2D eigenvalue weighted by Gasteiger charge is -2.21. The predicted octanol–water partition coefficient (Wildman–Crippen LogP) is 2.01. The summed E-state index contributed by atoms with van der Waals surface area (Å²) in [5.74, 6) is 0. The molecule has 2 rings (SSSR count). The Morgan fingerprint density at radius 3 is 2.71 bits per heavy atom. The van der Waals surface area contributed by atoms with Crippen molar-refractivity contribution in [3.8, 4) is 0 Å². The van der Waals surface area contributed by atoms with Crippen LogP contribution in [0.2, 0.25) is 5.15 Å². The first-order chi connectivity index (χ1) is 6.50. The third-order valence-electron chi connectivity index (χ3n) is 2.00. The molecule has 0 saturated heterocycles. The standard InChI is InChI=1S/C7H5ClF3N3/c8-6-5-4(12-3-13-6)1-2-14(5)7(9,10)11/h3H,1-2H2. The number of aromatic nitrogens is 2. The van der Waals surface area contributed by atoms with Crippen molar-refractivity contribution in [3.63, 3.8) is 0 Å². The first-order valence-electron chi connectivity index (χ1n) is 3.84. The molecular formula is C7H5ClF3N3. The summed E-state index contributed by atoms with van der Waals surface area (Å²) in [5.41, 5.74) is 0.240. The van der Waals surface area contributed by atoms with Gasteiger partial charge < -0.3 is 0 Å². The highest BCUT2D eigenvalue weighted by Crippen LogP contribution is 2.38. The maximum atomic E-state index is 12.4. The van der Waals surface area contributed by atoms with Crippen molar-refractivity contribution < 1.29 is 13.2 Å². The minimum Gasteiger partial charge on any atom is -0.279 e. The van der Waals surface area contributed by atoms with Crippen LogP contribution in [0.3, 0.4) is 0 Å². The molecule has 0 atom stereocenters. The number of halogens is 4. The Labute approximate surface area is 82.5 Å². The number of alkyl halides is 3. The van der Waals surface area contributed by atoms with Crippen LogP contribution >= 0.6 is 11.6 Å². The lowest BCUT2D eigenvalue weighted by Crippen LogP contribution is -2.36. The van der Waals surface area contributed by atoms with Crippen molar-refractivity contribution in [2.24, 2.45) is 0 Å². The maximum Gasteiger partial charge on any atom is 0.485 e. The molecule has 0 saturated carbocycles. The second kappa shape index (κ2) is 2.98. The van der Waals surface area contributed by atoms with Crippen LogP contribution in [0, 0.1) is 0 Å². The van der Waals surface area contributed by atoms with Gasteiger partial charge in [-0.1, -0.05) is 11.6 Å². The largest absolute Gasteiger partial charge is 0.485 e. The second-order valence-electron chi connectivity index (χ2n) is 2.83. The normalized spacial score (nSPS) is 15.9. The smallest absolute Gasteiger partial charge is 0.279 e. The first kappa shape index (κ1) is 9.51. The zero-order valence-corrected chi connectivity index (χ0v) is 7.60. The van der Waals surface area contributed by atoms with E-state index in [2.05, 4.69) is 9.97 Å². The van der Waals surface area contributed by atoms with Gasteiger partial charge >= 0.3 is 6.30 Å². The molecule has 1 aliphatic heterocycles. The van der Waals surface area contributed by atoms with E-state index in [4.69, 9.17) is 11.6 Å². The molecule has 0 amide bonds. The van der Waals surface area contributed by atoms with Gasteiger partial charge in [-0.05, 0) is 0 Å². The average molecular weight is 224 g/mol. The van der Waals surface area contributed by atoms with Gasteiger partial charge in [0.05, 0.1) is 5.69 Å². The zero-order chi connectivity index (χ0) is 10.3. The molecule has 0 radical (unpaired) electrons. The van der Waals surface area contributed by atoms with Crippen LogP contribution in [0.5, 0.6) is 0 Å². The highest BCUT2D eigenvalue weighted by molar-refractivity contribution is 6.32. The number of rotatable bonds is 0. The molecular weight excluding hydrogens is 219 g/mol. The van der Waals surface area contributed by atoms with Gasteiger partial charge in [0.2, 0.25) is 0 Å². The third kappa shape index (κ3) is 1.39. The summed E-state index contributed by atoms with van der Waals surface area (Å²) in [6.45, 7) is -0.142. The van der Waals surface area contributed by atoms with E-state index in [0.29, 0.717) is 5.69 Å². The van der Waals surface area contributed by atoms with Gasteiger partial charge in [0.25, 0.3) is 0 Å². The number of hydrogen-bond donors (Lipinski definition) is 0. The minimum atomic E-state index is -4.42. The van der Waals surface area contributed by atoms with E-state index >= 15 is 0 Å². The molecule has 1 aromatic rings. The summed E-state index contributed by atoms with van der Waals surface area (Å²) < 4.78 is 37.3. The molecule has 3 nitrogen and oxygen atoms in total. The van der Waals surface area contributed by atoms with Gasteiger partial charge in [-0.2, -0.15) is 13.2 Å². The van der Waals surface area contributed by atoms with Crippen molar-refractivity contribution in [2.75, 3.05) is 11.4 Å². The summed E-state index contributed by atoms with van der Waals surface area (Å²) in [6, 6.07) is 0. The minimum absolute atomic E-state index is 0.110. The molecule has 0 aliphatic carbocycles. The SMILES string of the molecule is FC(F)(F)N1CCc2ncnc(Cl)c21. The Hall–Kier alpha value is -1.04. The van der Waals surface area contributed by atoms with Crippen molar-refractivity contribution in [3.05, 3.63) is 17.2 Å². The summed E-state index contributed by atoms with van der Waals surface area (Å²) in [4.78, 5) is 7.54. The lowest BCUT2D eigenvalue weighted by atomic mass is 10.3. The Bertz CT molecular complexity index is 366. The van der Waals surface area contributed by atoms with Gasteiger partial charge in [0.1, 0.15) is 12.0 Å². The highest BCUT2D eigenvalue weighted by atomic mass is 35.5. The third-order valence-corrected chi connectivity index (χ3v) is 2.28. The van der Waals surface area contributed by atoms with E-state index in [1.807, 2.05) is 0 Å². The summed E-state index contributed by atoms with van der Waals surface area (Å²) in [7, 11) is 0. The summed E-state index contributed by atoms with van der Waals surface area (Å²) in [6.07, 6.45) is -3.00. The molecule has 1 aromatic heterocycles. The second-order valence-corrected chi connectivity index (χ2v) is 3.19. The van der Waals surface area contributed by atoms with E-state index < -0.39 is 6.30 Å². The van der Waals surface area contributed by atoms with Crippen molar-refractivity contribution in [2.45, 2.75) is 12.7 Å². The van der Waals surface area contributed by atoms with Crippen LogP contribution in [0.15, 0.2) is 6.33 Å². The molecule has 0 spiro atoms. The molecule has 7 heteroatoms. The van der Waals surface area contributed by atoms with E-state index in [0.717, 1.165) is 0 Å². The van der Waals surface area contributed by atoms with E-state index in [1.54, 1.807) is 0 Å². The van der Waals surface area contributed by atoms with Gasteiger partial charge in [-0.25, -0.2) is 9.97 Å². The monoisotopic (exact) mass is 223 g/mol. The number of nitrogens with zero attached hydrogens (tertiary/aromatic N) is 3. The highest BCUT2D eigenvalue weighted by Gasteiger charge is 2.43. The van der Waals surface area contributed by atoms with Gasteiger partial charge in [-0.15, -0.1) is 0 Å². The topological polar surface area (TPSA) is 29.0 Å². The number of anilines is 1. The van der Waals surface area contributed by atoms with E-state index in [-0.39, 0.29) is 28.7 Å². The fourth-order valence-corrected chi connectivity index (χ4v) is 1.68. The summed E-state index contributed by atoms with van der Waals surface area (Å²) >= 11 is 5.58. The fourth-order valence-electron chi connectivity index (χ4n) is 1.42. The molecule has 0 fully saturated rings. The zero-order valence-electron chi connectivity index (χ0n) is 6.85. The van der Waals surface area contributed by atoms with Gasteiger partial charge in [0.15, 0.2) is 5.15 Å². The summed E-state index contributed by atoms with van der Waals surface area (Å²) in [5, 5.41) is -0.148. The number of hydrogen-bond acceptors (Lipinski definition) is 3. The Morgan fingerprint density at radius 2 is 2.07 bits per heavy atom. The number of fused-ring (bicyclic) bond motifs is 1. The van der Waals surface area contributed by atoms with Crippen LogP contribution in [0.25, 0.3) is 0 Å². The Morgan fingerprint density at radius 1 is 1.36 bits per heavy atom. The molecule has 0 N–H and O–H groups in total. The molecule has 14 heavy (non-hydrogen) atoms. The van der Waals surface area contributed by atoms with Crippen LogP contribution in [0.1, 0.15) is 5.69 Å². The molecule has 0 unspecified atom stereocenters. The van der Waals surface area contributed by atoms with Crippen LogP contribution in [0.4, 0.5) is 18.9 Å². The molecule has 76 valence electrons. The lowest BCUT2D eigenvalue weighted by molar-refractivity contribution is -0.127. The predicted molar refractivity (Wildman–Crippen MR) is 44.1 cm³/mol. The average Bonchev–Trinajstić information content (AvgIpc) is 2.47. The maximum absolute atomic E-state index is 12.4. The van der Waals surface area contributed by atoms with Crippen molar-refractivity contribution in [1.29, 1.82) is 0 Å². The molecule has 1 aliphatic rings. The van der Waals surface area contributed by atoms with Gasteiger partial charge in [0, 0.05) is 13.0 Å². The van der Waals surface area contributed by atoms with E-state index in [1.165, 1.54) is 6.33 Å². The van der Waals surface area contributed by atoms with Crippen molar-refractivity contribution >= 4 is 17.3 Å². The van der Waals surface area contributed by atoms with Crippen molar-refractivity contribution in [1.82, 2.24) is 9.97 Å². The van der Waals surface area contributed by atoms with Crippen LogP contribution in [-0.2, 0) is 6.42 Å². The molecule has 2 heterocycles. The van der Waals surface area contributed by atoms with E-state index in [9.17, 15) is 13.2 Å².